The van der Waals surface area contributed by atoms with Gasteiger partial charge in [-0.1, -0.05) is 24.3 Å². The third-order valence-electron chi connectivity index (χ3n) is 4.83. The van der Waals surface area contributed by atoms with Gasteiger partial charge in [0.1, 0.15) is 18.7 Å². The lowest BCUT2D eigenvalue weighted by Crippen LogP contribution is -2.28. The Bertz CT molecular complexity index is 1060. The van der Waals surface area contributed by atoms with E-state index in [1.165, 1.54) is 12.4 Å². The zero-order valence-corrected chi connectivity index (χ0v) is 15.5. The van der Waals surface area contributed by atoms with Crippen LogP contribution in [-0.4, -0.2) is 29.2 Å². The average molecular weight is 396 g/mol. The summed E-state index contributed by atoms with van der Waals surface area (Å²) in [6.07, 6.45) is 4.92. The predicted octanol–water partition coefficient (Wildman–Crippen LogP) is 3.64. The fourth-order valence-corrected chi connectivity index (χ4v) is 3.55. The minimum absolute atomic E-state index is 0.0748. The normalized spacial score (nSPS) is 18.4. The monoisotopic (exact) mass is 396 g/mol. The van der Waals surface area contributed by atoms with Gasteiger partial charge >= 0.3 is 6.61 Å². The number of aromatic nitrogens is 2. The maximum absolute atomic E-state index is 12.6. The fraction of sp³-hybridized carbons (Fsp3) is 0.190. The molecule has 4 rings (SSSR count). The third-order valence-corrected chi connectivity index (χ3v) is 4.83. The van der Waals surface area contributed by atoms with E-state index >= 15 is 0 Å². The topological polar surface area (TPSA) is 82.6 Å². The lowest BCUT2D eigenvalue weighted by molar-refractivity contribution is -0.0498. The van der Waals surface area contributed by atoms with E-state index in [4.69, 9.17) is 10.5 Å². The Morgan fingerprint density at radius 1 is 1.10 bits per heavy atom. The van der Waals surface area contributed by atoms with Crippen LogP contribution in [0.5, 0.6) is 5.75 Å². The van der Waals surface area contributed by atoms with Crippen LogP contribution < -0.4 is 10.5 Å². The van der Waals surface area contributed by atoms with Crippen molar-refractivity contribution in [1.29, 1.82) is 0 Å². The van der Waals surface area contributed by atoms with E-state index in [1.807, 2.05) is 31.2 Å². The molecule has 0 amide bonds. The van der Waals surface area contributed by atoms with Gasteiger partial charge in [-0.15, -0.1) is 0 Å². The molecular weight excluding hydrogens is 378 g/mol. The Hall–Kier alpha value is -3.55. The van der Waals surface area contributed by atoms with Crippen molar-refractivity contribution in [2.75, 3.05) is 6.61 Å². The minimum atomic E-state index is -2.89. The maximum Gasteiger partial charge on any atom is 0.387 e. The Balaban J connectivity index is 1.82. The summed E-state index contributed by atoms with van der Waals surface area (Å²) in [5.41, 5.74) is 9.12. The smallest absolute Gasteiger partial charge is 0.387 e. The van der Waals surface area contributed by atoms with Gasteiger partial charge in [-0.25, -0.2) is 15.0 Å². The van der Waals surface area contributed by atoms with Gasteiger partial charge in [0.2, 0.25) is 0 Å². The van der Waals surface area contributed by atoms with Crippen molar-refractivity contribution in [3.63, 3.8) is 0 Å². The van der Waals surface area contributed by atoms with Gasteiger partial charge in [0.05, 0.1) is 0 Å². The molecule has 2 heterocycles. The molecule has 0 aliphatic carbocycles. The fourth-order valence-electron chi connectivity index (χ4n) is 3.55. The highest BCUT2D eigenvalue weighted by atomic mass is 19.3. The summed E-state index contributed by atoms with van der Waals surface area (Å²) in [5, 5.41) is 0. The van der Waals surface area contributed by atoms with Crippen LogP contribution in [-0.2, 0) is 10.3 Å². The minimum Gasteiger partial charge on any atom is -0.462 e. The number of nitrogens with two attached hydrogens (primary N) is 1. The number of benzene rings is 2. The summed E-state index contributed by atoms with van der Waals surface area (Å²) in [6.45, 7) is -0.875. The molecule has 3 aromatic rings. The first-order chi connectivity index (χ1) is 14.0. The number of amidine groups is 1. The molecule has 0 bridgehead atoms. The molecule has 1 aliphatic heterocycles. The molecule has 8 heteroatoms. The van der Waals surface area contributed by atoms with Crippen molar-refractivity contribution >= 4 is 6.02 Å². The first kappa shape index (κ1) is 18.8. The summed E-state index contributed by atoms with van der Waals surface area (Å²) in [5.74, 6) is 0.0856. The van der Waals surface area contributed by atoms with Crippen LogP contribution in [0.15, 0.2) is 66.2 Å². The number of hydrogen-bond donors (Lipinski definition) is 1. The molecule has 0 fully saturated rings. The first-order valence-electron chi connectivity index (χ1n) is 8.88. The lowest BCUT2D eigenvalue weighted by atomic mass is 9.81. The predicted molar refractivity (Wildman–Crippen MR) is 104 cm³/mol. The number of hydrogen-bond acceptors (Lipinski definition) is 6. The standard InChI is InChI=1S/C21H18F2N4O2/c1-13-7-17(29-19(22)23)5-6-18(13)21(11-28-20(24)27-21)16-4-2-3-14(8-16)15-9-25-12-26-10-15/h2-10,12,19H,11H2,1H3,(H2,24,27)/t21-/m0/s1. The second kappa shape index (κ2) is 7.46. The van der Waals surface area contributed by atoms with Crippen LogP contribution in [0.4, 0.5) is 8.78 Å². The van der Waals surface area contributed by atoms with Crippen molar-refractivity contribution in [3.8, 4) is 16.9 Å². The summed E-state index contributed by atoms with van der Waals surface area (Å²) < 4.78 is 35.2. The van der Waals surface area contributed by atoms with Crippen LogP contribution in [0.3, 0.4) is 0 Å². The van der Waals surface area contributed by atoms with Crippen molar-refractivity contribution in [2.45, 2.75) is 19.1 Å². The highest BCUT2D eigenvalue weighted by molar-refractivity contribution is 5.76. The number of ether oxygens (including phenoxy) is 2. The molecule has 0 saturated carbocycles. The molecule has 0 unspecified atom stereocenters. The molecule has 0 saturated heterocycles. The van der Waals surface area contributed by atoms with E-state index in [0.29, 0.717) is 0 Å². The van der Waals surface area contributed by atoms with Crippen LogP contribution >= 0.6 is 0 Å². The van der Waals surface area contributed by atoms with E-state index in [2.05, 4.69) is 19.7 Å². The first-order valence-corrected chi connectivity index (χ1v) is 8.88. The number of halogens is 2. The Labute approximate surface area is 166 Å². The van der Waals surface area contributed by atoms with E-state index in [9.17, 15) is 8.78 Å². The van der Waals surface area contributed by atoms with Crippen LogP contribution in [0, 0.1) is 6.92 Å². The number of aryl methyl sites for hydroxylation is 1. The van der Waals surface area contributed by atoms with Crippen LogP contribution in [0.25, 0.3) is 11.1 Å². The molecule has 6 nitrogen and oxygen atoms in total. The quantitative estimate of drug-likeness (QED) is 0.712. The summed E-state index contributed by atoms with van der Waals surface area (Å²) in [4.78, 5) is 12.7. The van der Waals surface area contributed by atoms with Crippen molar-refractivity contribution < 1.29 is 18.3 Å². The van der Waals surface area contributed by atoms with Gasteiger partial charge in [0, 0.05) is 18.0 Å². The second-order valence-electron chi connectivity index (χ2n) is 6.66. The zero-order valence-electron chi connectivity index (χ0n) is 15.5. The van der Waals surface area contributed by atoms with Crippen molar-refractivity contribution in [1.82, 2.24) is 9.97 Å². The zero-order chi connectivity index (χ0) is 20.4. The third kappa shape index (κ3) is 3.61. The molecule has 1 aromatic heterocycles. The SMILES string of the molecule is Cc1cc(OC(F)F)ccc1[C@@]1(c2cccc(-c3cncnc3)c2)COC(N)=N1. The number of rotatable bonds is 5. The summed E-state index contributed by atoms with van der Waals surface area (Å²) >= 11 is 0. The van der Waals surface area contributed by atoms with Crippen molar-refractivity contribution in [2.24, 2.45) is 10.7 Å². The highest BCUT2D eigenvalue weighted by Gasteiger charge is 2.41. The maximum atomic E-state index is 12.6. The van der Waals surface area contributed by atoms with Gasteiger partial charge in [-0.3, -0.25) is 0 Å². The van der Waals surface area contributed by atoms with Crippen LogP contribution in [0.1, 0.15) is 16.7 Å². The Kier molecular flexibility index (Phi) is 4.84. The van der Waals surface area contributed by atoms with E-state index in [0.717, 1.165) is 27.8 Å². The largest absolute Gasteiger partial charge is 0.462 e. The number of aliphatic imine (C=N–C) groups is 1. The lowest BCUT2D eigenvalue weighted by Gasteiger charge is -2.27. The molecule has 1 aliphatic rings. The van der Waals surface area contributed by atoms with Gasteiger partial charge in [-0.2, -0.15) is 8.78 Å². The van der Waals surface area contributed by atoms with Gasteiger partial charge < -0.3 is 15.2 Å². The highest BCUT2D eigenvalue weighted by Crippen LogP contribution is 2.41. The molecule has 0 spiro atoms. The number of alkyl halides is 2. The molecule has 29 heavy (non-hydrogen) atoms. The molecule has 2 aromatic carbocycles. The average Bonchev–Trinajstić information content (AvgIpc) is 3.11. The van der Waals surface area contributed by atoms with Crippen LogP contribution in [0.2, 0.25) is 0 Å². The van der Waals surface area contributed by atoms with Crippen molar-refractivity contribution in [3.05, 3.63) is 77.9 Å². The Morgan fingerprint density at radius 2 is 1.90 bits per heavy atom. The van der Waals surface area contributed by atoms with Gasteiger partial charge in [0.25, 0.3) is 6.02 Å². The molecule has 1 atom stereocenters. The summed E-state index contributed by atoms with van der Waals surface area (Å²) in [7, 11) is 0. The molecule has 0 radical (unpaired) electrons. The number of nitrogens with zero attached hydrogens (tertiary/aromatic N) is 3. The molecule has 2 N–H and O–H groups in total. The van der Waals surface area contributed by atoms with Gasteiger partial charge in [-0.05, 0) is 47.4 Å². The second-order valence-corrected chi connectivity index (χ2v) is 6.66. The summed E-state index contributed by atoms with van der Waals surface area (Å²) in [6, 6.07) is 12.6. The molecular formula is C21H18F2N4O2. The van der Waals surface area contributed by atoms with Gasteiger partial charge in [0.15, 0.2) is 5.54 Å². The van der Waals surface area contributed by atoms with E-state index in [-0.39, 0.29) is 18.4 Å². The Morgan fingerprint density at radius 3 is 2.55 bits per heavy atom. The van der Waals surface area contributed by atoms with E-state index in [1.54, 1.807) is 24.5 Å². The van der Waals surface area contributed by atoms with E-state index < -0.39 is 12.2 Å². The molecule has 148 valence electrons.